The monoisotopic (exact) mass is 335 g/mol. The first kappa shape index (κ1) is 14.4. The Morgan fingerprint density at radius 3 is 2.84 bits per heavy atom. The van der Waals surface area contributed by atoms with Crippen molar-refractivity contribution in [1.82, 2.24) is 29.2 Å². The second kappa shape index (κ2) is 5.00. The number of aliphatic hydroxyl groups is 1. The highest BCUT2D eigenvalue weighted by atomic mass is 16.3. The average Bonchev–Trinajstić information content (AvgIpc) is 3.18. The minimum Gasteiger partial charge on any atom is -0.390 e. The van der Waals surface area contributed by atoms with Crippen LogP contribution in [0.15, 0.2) is 43.0 Å². The predicted octanol–water partition coefficient (Wildman–Crippen LogP) is 1.76. The van der Waals surface area contributed by atoms with E-state index < -0.39 is 5.60 Å². The molecule has 0 amide bonds. The molecule has 0 aromatic carbocycles. The van der Waals surface area contributed by atoms with Crippen LogP contribution in [-0.4, -0.2) is 45.9 Å². The topological polar surface area (TPSA) is 92.6 Å². The number of nitrogens with zero attached hydrogens (tertiary/aromatic N) is 6. The zero-order valence-electron chi connectivity index (χ0n) is 13.7. The van der Waals surface area contributed by atoms with E-state index in [2.05, 4.69) is 25.5 Å². The highest BCUT2D eigenvalue weighted by Crippen LogP contribution is 2.33. The second-order valence-corrected chi connectivity index (χ2v) is 6.84. The molecule has 1 fully saturated rings. The molecule has 8 heteroatoms. The number of fused-ring (bicyclic) bond motifs is 2. The van der Waals surface area contributed by atoms with Gasteiger partial charge in [0.05, 0.1) is 23.0 Å². The minimum atomic E-state index is -0.569. The van der Waals surface area contributed by atoms with E-state index in [1.807, 2.05) is 37.5 Å². The van der Waals surface area contributed by atoms with Crippen LogP contribution in [0.1, 0.15) is 19.8 Å². The van der Waals surface area contributed by atoms with Crippen LogP contribution in [0.2, 0.25) is 0 Å². The zero-order valence-corrected chi connectivity index (χ0v) is 13.7. The van der Waals surface area contributed by atoms with Gasteiger partial charge in [0, 0.05) is 30.2 Å². The van der Waals surface area contributed by atoms with Crippen molar-refractivity contribution in [1.29, 1.82) is 0 Å². The summed E-state index contributed by atoms with van der Waals surface area (Å²) < 4.78 is 3.54. The Labute approximate surface area is 143 Å². The minimum absolute atomic E-state index is 0.216. The van der Waals surface area contributed by atoms with Crippen LogP contribution in [0, 0.1) is 0 Å². The fourth-order valence-electron chi connectivity index (χ4n) is 3.43. The number of imidazole rings is 1. The SMILES string of the molecule is CC1(O)CC(Nc2ncc3c(-c4ccc5nccn5n4)ccn3n2)C1. The van der Waals surface area contributed by atoms with E-state index in [0.717, 1.165) is 22.4 Å². The molecule has 0 atom stereocenters. The lowest BCUT2D eigenvalue weighted by atomic mass is 9.77. The molecule has 0 saturated heterocycles. The summed E-state index contributed by atoms with van der Waals surface area (Å²) in [6.45, 7) is 1.84. The molecule has 8 nitrogen and oxygen atoms in total. The Balaban J connectivity index is 1.46. The Morgan fingerprint density at radius 2 is 2.00 bits per heavy atom. The smallest absolute Gasteiger partial charge is 0.241 e. The zero-order chi connectivity index (χ0) is 17.0. The quantitative estimate of drug-likeness (QED) is 0.593. The molecule has 1 saturated carbocycles. The van der Waals surface area contributed by atoms with E-state index in [1.165, 1.54) is 0 Å². The lowest BCUT2D eigenvalue weighted by Crippen LogP contribution is -2.48. The number of nitrogens with one attached hydrogen (secondary N) is 1. The number of hydrogen-bond donors (Lipinski definition) is 2. The molecular formula is C17H17N7O. The molecule has 0 radical (unpaired) electrons. The van der Waals surface area contributed by atoms with Gasteiger partial charge in [-0.2, -0.15) is 5.10 Å². The summed E-state index contributed by atoms with van der Waals surface area (Å²) in [6.07, 6.45) is 8.65. The molecule has 126 valence electrons. The number of rotatable bonds is 3. The van der Waals surface area contributed by atoms with Gasteiger partial charge in [-0.25, -0.2) is 19.0 Å². The third kappa shape index (κ3) is 2.42. The van der Waals surface area contributed by atoms with Crippen LogP contribution >= 0.6 is 0 Å². The summed E-state index contributed by atoms with van der Waals surface area (Å²) in [6, 6.07) is 6.08. The molecule has 0 spiro atoms. The number of anilines is 1. The van der Waals surface area contributed by atoms with Gasteiger partial charge in [-0.05, 0) is 38.0 Å². The van der Waals surface area contributed by atoms with Crippen molar-refractivity contribution >= 4 is 17.1 Å². The van der Waals surface area contributed by atoms with Gasteiger partial charge >= 0.3 is 0 Å². The molecule has 0 aliphatic heterocycles. The largest absolute Gasteiger partial charge is 0.390 e. The number of hydrogen-bond acceptors (Lipinski definition) is 6. The maximum atomic E-state index is 9.82. The molecule has 0 bridgehead atoms. The molecule has 4 aromatic heterocycles. The lowest BCUT2D eigenvalue weighted by Gasteiger charge is -2.41. The highest BCUT2D eigenvalue weighted by molar-refractivity contribution is 5.78. The molecule has 1 aliphatic rings. The summed E-state index contributed by atoms with van der Waals surface area (Å²) in [7, 11) is 0. The van der Waals surface area contributed by atoms with Gasteiger partial charge in [0.15, 0.2) is 5.65 Å². The van der Waals surface area contributed by atoms with Crippen molar-refractivity contribution in [2.75, 3.05) is 5.32 Å². The molecule has 0 unspecified atom stereocenters. The Kier molecular flexibility index (Phi) is 2.87. The summed E-state index contributed by atoms with van der Waals surface area (Å²) in [5, 5.41) is 22.2. The van der Waals surface area contributed by atoms with Gasteiger partial charge < -0.3 is 10.4 Å². The van der Waals surface area contributed by atoms with Crippen molar-refractivity contribution in [3.05, 3.63) is 43.0 Å². The molecule has 5 rings (SSSR count). The van der Waals surface area contributed by atoms with E-state index in [-0.39, 0.29) is 6.04 Å². The third-order valence-corrected chi connectivity index (χ3v) is 4.65. The maximum absolute atomic E-state index is 9.82. The standard InChI is InChI=1S/C17H17N7O/c1-17(25)8-11(9-17)20-16-19-10-14-12(4-6-23(14)22-16)13-2-3-15-18-5-7-24(15)21-13/h2-7,10-11,25H,8-9H2,1H3,(H,20,22). The van der Waals surface area contributed by atoms with Crippen LogP contribution < -0.4 is 5.32 Å². The molecule has 25 heavy (non-hydrogen) atoms. The Morgan fingerprint density at radius 1 is 1.12 bits per heavy atom. The average molecular weight is 335 g/mol. The Hall–Kier alpha value is -3.00. The summed E-state index contributed by atoms with van der Waals surface area (Å²) >= 11 is 0. The van der Waals surface area contributed by atoms with Crippen LogP contribution in [-0.2, 0) is 0 Å². The van der Waals surface area contributed by atoms with Crippen molar-refractivity contribution in [3.8, 4) is 11.3 Å². The summed E-state index contributed by atoms with van der Waals surface area (Å²) in [5.74, 6) is 0.563. The fourth-order valence-corrected chi connectivity index (χ4v) is 3.43. The maximum Gasteiger partial charge on any atom is 0.241 e. The van der Waals surface area contributed by atoms with Gasteiger partial charge in [-0.1, -0.05) is 0 Å². The third-order valence-electron chi connectivity index (χ3n) is 4.65. The van der Waals surface area contributed by atoms with Crippen molar-refractivity contribution < 1.29 is 5.11 Å². The molecule has 4 aromatic rings. The van der Waals surface area contributed by atoms with E-state index >= 15 is 0 Å². The lowest BCUT2D eigenvalue weighted by molar-refractivity contribution is -0.0236. The van der Waals surface area contributed by atoms with Crippen molar-refractivity contribution in [2.45, 2.75) is 31.4 Å². The van der Waals surface area contributed by atoms with E-state index in [4.69, 9.17) is 0 Å². The number of aromatic nitrogens is 6. The van der Waals surface area contributed by atoms with Crippen LogP contribution in [0.5, 0.6) is 0 Å². The molecular weight excluding hydrogens is 318 g/mol. The Bertz CT molecular complexity index is 1070. The van der Waals surface area contributed by atoms with Gasteiger partial charge in [-0.15, -0.1) is 5.10 Å². The van der Waals surface area contributed by atoms with Crippen LogP contribution in [0.25, 0.3) is 22.4 Å². The van der Waals surface area contributed by atoms with Gasteiger partial charge in [-0.3, -0.25) is 0 Å². The first-order valence-electron chi connectivity index (χ1n) is 8.22. The molecule has 2 N–H and O–H groups in total. The predicted molar refractivity (Wildman–Crippen MR) is 92.2 cm³/mol. The summed E-state index contributed by atoms with van der Waals surface area (Å²) in [4.78, 5) is 8.63. The van der Waals surface area contributed by atoms with E-state index in [0.29, 0.717) is 18.8 Å². The van der Waals surface area contributed by atoms with Gasteiger partial charge in [0.25, 0.3) is 0 Å². The van der Waals surface area contributed by atoms with Gasteiger partial charge in [0.2, 0.25) is 5.95 Å². The van der Waals surface area contributed by atoms with Crippen molar-refractivity contribution in [2.24, 2.45) is 0 Å². The van der Waals surface area contributed by atoms with E-state index in [1.54, 1.807) is 21.4 Å². The van der Waals surface area contributed by atoms with E-state index in [9.17, 15) is 5.11 Å². The van der Waals surface area contributed by atoms with Gasteiger partial charge in [0.1, 0.15) is 0 Å². The highest BCUT2D eigenvalue weighted by Gasteiger charge is 2.38. The second-order valence-electron chi connectivity index (χ2n) is 6.84. The first-order chi connectivity index (χ1) is 12.1. The summed E-state index contributed by atoms with van der Waals surface area (Å²) in [5.41, 5.74) is 2.94. The van der Waals surface area contributed by atoms with Crippen LogP contribution in [0.4, 0.5) is 5.95 Å². The van der Waals surface area contributed by atoms with Crippen molar-refractivity contribution in [3.63, 3.8) is 0 Å². The fraction of sp³-hybridized carbons (Fsp3) is 0.294. The first-order valence-corrected chi connectivity index (χ1v) is 8.22. The molecule has 4 heterocycles. The molecule has 1 aliphatic carbocycles. The van der Waals surface area contributed by atoms with Crippen LogP contribution in [0.3, 0.4) is 0 Å². The normalized spacial score (nSPS) is 23.0.